The zero-order chi connectivity index (χ0) is 8.54. The van der Waals surface area contributed by atoms with Crippen molar-refractivity contribution in [3.63, 3.8) is 0 Å². The van der Waals surface area contributed by atoms with E-state index in [1.54, 1.807) is 0 Å². The van der Waals surface area contributed by atoms with Crippen LogP contribution in [-0.2, 0) is 9.47 Å². The summed E-state index contributed by atoms with van der Waals surface area (Å²) in [5.74, 6) is -8.24. The van der Waals surface area contributed by atoms with E-state index >= 15 is 0 Å². The minimum atomic E-state index is -4.12. The lowest BCUT2D eigenvalue weighted by Gasteiger charge is -2.21. The Labute approximate surface area is 60.1 Å². The Kier molecular flexibility index (Phi) is 2.06. The Hall–Kier alpha value is -0.360. The van der Waals surface area contributed by atoms with E-state index in [-0.39, 0.29) is 0 Å². The molecule has 0 atom stereocenters. The lowest BCUT2D eigenvalue weighted by molar-refractivity contribution is -0.222. The monoisotopic (exact) mass is 174 g/mol. The molecule has 0 bridgehead atoms. The van der Waals surface area contributed by atoms with Gasteiger partial charge in [0.2, 0.25) is 0 Å². The van der Waals surface area contributed by atoms with Crippen molar-refractivity contribution in [2.24, 2.45) is 0 Å². The number of hydrogen-bond acceptors (Lipinski definition) is 2. The number of ether oxygens (including phenoxy) is 2. The standard InChI is InChI=1S/C5H6F4O2/c6-4(7)1-10-3-11-2-5(4,8)9/h1-3H2. The van der Waals surface area contributed by atoms with Crippen molar-refractivity contribution in [2.45, 2.75) is 11.8 Å². The van der Waals surface area contributed by atoms with Gasteiger partial charge in [-0.1, -0.05) is 0 Å². The van der Waals surface area contributed by atoms with Crippen LogP contribution in [0.4, 0.5) is 17.6 Å². The summed E-state index contributed by atoms with van der Waals surface area (Å²) in [4.78, 5) is 0. The van der Waals surface area contributed by atoms with Crippen LogP contribution in [0.15, 0.2) is 0 Å². The van der Waals surface area contributed by atoms with Crippen molar-refractivity contribution in [2.75, 3.05) is 20.0 Å². The second-order valence-corrected chi connectivity index (χ2v) is 2.22. The lowest BCUT2D eigenvalue weighted by Crippen LogP contribution is -2.45. The zero-order valence-electron chi connectivity index (χ0n) is 5.45. The van der Waals surface area contributed by atoms with Crippen LogP contribution in [-0.4, -0.2) is 31.9 Å². The summed E-state index contributed by atoms with van der Waals surface area (Å²) >= 11 is 0. The topological polar surface area (TPSA) is 18.5 Å². The molecule has 1 aliphatic heterocycles. The highest BCUT2D eigenvalue weighted by Gasteiger charge is 2.57. The van der Waals surface area contributed by atoms with Gasteiger partial charge >= 0.3 is 11.8 Å². The van der Waals surface area contributed by atoms with E-state index in [2.05, 4.69) is 9.47 Å². The molecule has 0 aromatic heterocycles. The highest BCUT2D eigenvalue weighted by Crippen LogP contribution is 2.35. The Bertz CT molecular complexity index is 131. The van der Waals surface area contributed by atoms with E-state index in [1.165, 1.54) is 0 Å². The van der Waals surface area contributed by atoms with Crippen molar-refractivity contribution >= 4 is 0 Å². The van der Waals surface area contributed by atoms with Gasteiger partial charge < -0.3 is 9.47 Å². The van der Waals surface area contributed by atoms with Gasteiger partial charge in [0.25, 0.3) is 0 Å². The Morgan fingerprint density at radius 3 is 1.55 bits per heavy atom. The van der Waals surface area contributed by atoms with Gasteiger partial charge in [-0.15, -0.1) is 0 Å². The highest BCUT2D eigenvalue weighted by atomic mass is 19.3. The van der Waals surface area contributed by atoms with Crippen molar-refractivity contribution in [1.82, 2.24) is 0 Å². The van der Waals surface area contributed by atoms with Crippen molar-refractivity contribution < 1.29 is 27.0 Å². The predicted octanol–water partition coefficient (Wildman–Crippen LogP) is 1.26. The van der Waals surface area contributed by atoms with E-state index in [0.717, 1.165) is 0 Å². The smallest absolute Gasteiger partial charge is 0.335 e. The van der Waals surface area contributed by atoms with E-state index in [9.17, 15) is 17.6 Å². The van der Waals surface area contributed by atoms with Crippen LogP contribution in [0.2, 0.25) is 0 Å². The maximum atomic E-state index is 12.3. The van der Waals surface area contributed by atoms with Gasteiger partial charge in [-0.05, 0) is 0 Å². The molecule has 1 fully saturated rings. The summed E-state index contributed by atoms with van der Waals surface area (Å²) in [6, 6.07) is 0. The summed E-state index contributed by atoms with van der Waals surface area (Å²) in [5, 5.41) is 0. The minimum absolute atomic E-state index is 0.509. The molecule has 2 nitrogen and oxygen atoms in total. The van der Waals surface area contributed by atoms with Gasteiger partial charge in [-0.2, -0.15) is 17.6 Å². The van der Waals surface area contributed by atoms with E-state index < -0.39 is 31.9 Å². The summed E-state index contributed by atoms with van der Waals surface area (Å²) in [5.41, 5.74) is 0. The minimum Gasteiger partial charge on any atom is -0.349 e. The first-order valence-corrected chi connectivity index (χ1v) is 2.87. The molecule has 0 spiro atoms. The molecule has 0 aliphatic carbocycles. The van der Waals surface area contributed by atoms with Crippen LogP contribution in [0.3, 0.4) is 0 Å². The van der Waals surface area contributed by atoms with Gasteiger partial charge in [0.15, 0.2) is 0 Å². The predicted molar refractivity (Wildman–Crippen MR) is 26.7 cm³/mol. The molecule has 0 aromatic rings. The van der Waals surface area contributed by atoms with E-state index in [1.807, 2.05) is 0 Å². The molecule has 0 radical (unpaired) electrons. The van der Waals surface area contributed by atoms with Crippen molar-refractivity contribution in [3.8, 4) is 0 Å². The highest BCUT2D eigenvalue weighted by molar-refractivity contribution is 4.85. The third-order valence-corrected chi connectivity index (χ3v) is 1.27. The second kappa shape index (κ2) is 2.60. The molecule has 0 amide bonds. The molecule has 1 aliphatic rings. The lowest BCUT2D eigenvalue weighted by atomic mass is 10.2. The van der Waals surface area contributed by atoms with Crippen LogP contribution in [0, 0.1) is 0 Å². The fourth-order valence-corrected chi connectivity index (χ4v) is 0.610. The zero-order valence-corrected chi connectivity index (χ0v) is 5.45. The average Bonchev–Trinajstić information content (AvgIpc) is 1.94. The number of hydrogen-bond donors (Lipinski definition) is 0. The molecule has 66 valence electrons. The fourth-order valence-electron chi connectivity index (χ4n) is 0.610. The molecular weight excluding hydrogens is 168 g/mol. The van der Waals surface area contributed by atoms with Crippen LogP contribution in [0.1, 0.15) is 0 Å². The van der Waals surface area contributed by atoms with Gasteiger partial charge in [-0.25, -0.2) is 0 Å². The number of rotatable bonds is 0. The van der Waals surface area contributed by atoms with Crippen LogP contribution in [0.5, 0.6) is 0 Å². The Morgan fingerprint density at radius 2 is 1.18 bits per heavy atom. The largest absolute Gasteiger partial charge is 0.349 e. The summed E-state index contributed by atoms with van der Waals surface area (Å²) in [6.07, 6.45) is 0. The Balaban J connectivity index is 2.72. The number of halogens is 4. The molecule has 1 heterocycles. The van der Waals surface area contributed by atoms with Crippen LogP contribution in [0.25, 0.3) is 0 Å². The molecule has 6 heteroatoms. The van der Waals surface area contributed by atoms with E-state index in [4.69, 9.17) is 0 Å². The van der Waals surface area contributed by atoms with Gasteiger partial charge in [0.05, 0.1) is 0 Å². The third-order valence-electron chi connectivity index (χ3n) is 1.27. The van der Waals surface area contributed by atoms with E-state index in [0.29, 0.717) is 0 Å². The van der Waals surface area contributed by atoms with Gasteiger partial charge in [0.1, 0.15) is 20.0 Å². The normalized spacial score (nSPS) is 29.5. The summed E-state index contributed by atoms with van der Waals surface area (Å²) < 4.78 is 57.3. The maximum absolute atomic E-state index is 12.3. The summed E-state index contributed by atoms with van der Waals surface area (Å²) in [6.45, 7) is -3.09. The molecule has 1 rings (SSSR count). The van der Waals surface area contributed by atoms with Gasteiger partial charge in [-0.3, -0.25) is 0 Å². The quantitative estimate of drug-likeness (QED) is 0.514. The molecule has 0 unspecified atom stereocenters. The van der Waals surface area contributed by atoms with Crippen molar-refractivity contribution in [3.05, 3.63) is 0 Å². The molecule has 0 aromatic carbocycles. The maximum Gasteiger partial charge on any atom is 0.335 e. The molecule has 11 heavy (non-hydrogen) atoms. The van der Waals surface area contributed by atoms with Crippen LogP contribution >= 0.6 is 0 Å². The fraction of sp³-hybridized carbons (Fsp3) is 1.00. The second-order valence-electron chi connectivity index (χ2n) is 2.22. The molecule has 0 saturated carbocycles. The number of alkyl halides is 4. The van der Waals surface area contributed by atoms with Crippen molar-refractivity contribution in [1.29, 1.82) is 0 Å². The van der Waals surface area contributed by atoms with Gasteiger partial charge in [0, 0.05) is 0 Å². The molecular formula is C5H6F4O2. The first-order chi connectivity index (χ1) is 4.96. The van der Waals surface area contributed by atoms with Crippen LogP contribution < -0.4 is 0 Å². The summed E-state index contributed by atoms with van der Waals surface area (Å²) in [7, 11) is 0. The average molecular weight is 174 g/mol. The molecule has 0 N–H and O–H groups in total. The molecule has 1 saturated heterocycles. The first-order valence-electron chi connectivity index (χ1n) is 2.87. The third kappa shape index (κ3) is 1.62. The first kappa shape index (κ1) is 8.73. The SMILES string of the molecule is FC1(F)COCOCC1(F)F. The Morgan fingerprint density at radius 1 is 0.818 bits per heavy atom.